The minimum absolute atomic E-state index is 0.0116. The fraction of sp³-hybridized carbons (Fsp3) is 0.364. The highest BCUT2D eigenvalue weighted by Crippen LogP contribution is 2.25. The van der Waals surface area contributed by atoms with Gasteiger partial charge < -0.3 is 10.6 Å². The summed E-state index contributed by atoms with van der Waals surface area (Å²) in [5.41, 5.74) is -0.775. The van der Waals surface area contributed by atoms with Crippen molar-refractivity contribution >= 4 is 23.2 Å². The molecule has 3 nitrogen and oxygen atoms in total. The molecule has 1 aromatic rings. The number of anilines is 1. The lowest BCUT2D eigenvalue weighted by molar-refractivity contribution is -0.121. The molecule has 1 amide bonds. The Morgan fingerprint density at radius 1 is 1.44 bits per heavy atom. The van der Waals surface area contributed by atoms with Crippen molar-refractivity contribution in [3.8, 4) is 0 Å². The van der Waals surface area contributed by atoms with Gasteiger partial charge in [0.25, 0.3) is 0 Å². The molecule has 0 bridgehead atoms. The van der Waals surface area contributed by atoms with Crippen LogP contribution < -0.4 is 10.6 Å². The van der Waals surface area contributed by atoms with Gasteiger partial charge in [0.1, 0.15) is 5.82 Å². The third-order valence-corrected chi connectivity index (χ3v) is 2.71. The number of hydrogen-bond donors (Lipinski definition) is 2. The van der Waals surface area contributed by atoms with Gasteiger partial charge in [0.15, 0.2) is 0 Å². The minimum Gasteiger partial charge on any atom is -0.321 e. The number of carbonyl (C=O) groups excluding carboxylic acids is 1. The monoisotopic (exact) mass is 244 g/mol. The average Bonchev–Trinajstić information content (AvgIpc) is 2.23. The fourth-order valence-corrected chi connectivity index (χ4v) is 1.21. The Morgan fingerprint density at radius 2 is 2.06 bits per heavy atom. The van der Waals surface area contributed by atoms with Crippen molar-refractivity contribution in [2.24, 2.45) is 0 Å². The minimum atomic E-state index is -0.786. The van der Waals surface area contributed by atoms with E-state index in [1.165, 1.54) is 18.2 Å². The van der Waals surface area contributed by atoms with Crippen LogP contribution in [0.25, 0.3) is 0 Å². The Bertz CT molecular complexity index is 387. The Morgan fingerprint density at radius 3 is 2.56 bits per heavy atom. The average molecular weight is 245 g/mol. The topological polar surface area (TPSA) is 41.1 Å². The number of para-hydroxylation sites is 1. The van der Waals surface area contributed by atoms with Crippen LogP contribution in [-0.4, -0.2) is 18.5 Å². The summed E-state index contributed by atoms with van der Waals surface area (Å²) in [4.78, 5) is 11.8. The van der Waals surface area contributed by atoms with E-state index in [0.717, 1.165) is 0 Å². The normalized spacial score (nSPS) is 11.3. The molecule has 1 rings (SSSR count). The van der Waals surface area contributed by atoms with E-state index in [-0.39, 0.29) is 16.6 Å². The van der Waals surface area contributed by atoms with E-state index in [1.54, 1.807) is 20.9 Å². The first-order valence-electron chi connectivity index (χ1n) is 4.83. The maximum Gasteiger partial charge on any atom is 0.244 e. The van der Waals surface area contributed by atoms with Crippen molar-refractivity contribution < 1.29 is 9.18 Å². The highest BCUT2D eigenvalue weighted by atomic mass is 35.5. The van der Waals surface area contributed by atoms with Crippen LogP contribution in [0.15, 0.2) is 18.2 Å². The number of rotatable bonds is 3. The second-order valence-corrected chi connectivity index (χ2v) is 4.33. The highest BCUT2D eigenvalue weighted by Gasteiger charge is 2.26. The Hall–Kier alpha value is -1.13. The molecule has 0 fully saturated rings. The van der Waals surface area contributed by atoms with Crippen molar-refractivity contribution in [1.29, 1.82) is 0 Å². The van der Waals surface area contributed by atoms with E-state index in [4.69, 9.17) is 11.6 Å². The van der Waals surface area contributed by atoms with Crippen LogP contribution in [0, 0.1) is 5.82 Å². The molecule has 2 N–H and O–H groups in total. The zero-order chi connectivity index (χ0) is 12.3. The Labute approximate surface area is 99.0 Å². The molecule has 5 heteroatoms. The van der Waals surface area contributed by atoms with Crippen LogP contribution in [-0.2, 0) is 4.79 Å². The van der Waals surface area contributed by atoms with Crippen molar-refractivity contribution in [3.05, 3.63) is 29.0 Å². The summed E-state index contributed by atoms with van der Waals surface area (Å²) < 4.78 is 13.4. The van der Waals surface area contributed by atoms with Gasteiger partial charge in [-0.15, -0.1) is 0 Å². The van der Waals surface area contributed by atoms with Gasteiger partial charge >= 0.3 is 0 Å². The van der Waals surface area contributed by atoms with Crippen molar-refractivity contribution in [2.45, 2.75) is 19.4 Å². The van der Waals surface area contributed by atoms with E-state index in [9.17, 15) is 9.18 Å². The summed E-state index contributed by atoms with van der Waals surface area (Å²) in [5, 5.41) is 5.46. The van der Waals surface area contributed by atoms with Gasteiger partial charge in [0.05, 0.1) is 16.2 Å². The predicted octanol–water partition coefficient (Wildman–Crippen LogP) is 2.42. The molecule has 0 radical (unpaired) electrons. The number of hydrogen-bond acceptors (Lipinski definition) is 2. The summed E-state index contributed by atoms with van der Waals surface area (Å²) in [6, 6.07) is 4.25. The zero-order valence-corrected chi connectivity index (χ0v) is 10.2. The van der Waals surface area contributed by atoms with Crippen molar-refractivity contribution in [1.82, 2.24) is 5.32 Å². The van der Waals surface area contributed by atoms with Gasteiger partial charge in [-0.3, -0.25) is 4.79 Å². The van der Waals surface area contributed by atoms with E-state index < -0.39 is 11.4 Å². The first-order chi connectivity index (χ1) is 7.38. The molecule has 0 aromatic heterocycles. The van der Waals surface area contributed by atoms with Gasteiger partial charge in [0.2, 0.25) is 5.91 Å². The lowest BCUT2D eigenvalue weighted by atomic mass is 10.1. The van der Waals surface area contributed by atoms with Gasteiger partial charge in [-0.05, 0) is 33.0 Å². The van der Waals surface area contributed by atoms with Gasteiger partial charge in [0, 0.05) is 0 Å². The standard InChI is InChI=1S/C11H14ClFN2O/c1-11(2,14-3)10(16)15-9-7(12)5-4-6-8(9)13/h4-6,14H,1-3H3,(H,15,16). The predicted molar refractivity (Wildman–Crippen MR) is 63.2 cm³/mol. The first kappa shape index (κ1) is 12.9. The second-order valence-electron chi connectivity index (χ2n) is 3.93. The molecule has 0 aliphatic carbocycles. The molecule has 0 aliphatic heterocycles. The number of benzene rings is 1. The summed E-state index contributed by atoms with van der Waals surface area (Å²) >= 11 is 5.79. The molecule has 0 spiro atoms. The maximum absolute atomic E-state index is 13.4. The first-order valence-corrected chi connectivity index (χ1v) is 5.20. The number of carbonyl (C=O) groups is 1. The maximum atomic E-state index is 13.4. The van der Waals surface area contributed by atoms with Crippen molar-refractivity contribution in [2.75, 3.05) is 12.4 Å². The lowest BCUT2D eigenvalue weighted by Gasteiger charge is -2.23. The SMILES string of the molecule is CNC(C)(C)C(=O)Nc1c(F)cccc1Cl. The summed E-state index contributed by atoms with van der Waals surface area (Å²) in [5.74, 6) is -0.894. The molecule has 0 saturated heterocycles. The molecule has 0 aliphatic rings. The number of halogens is 2. The summed E-state index contributed by atoms with van der Waals surface area (Å²) in [7, 11) is 1.66. The fourth-order valence-electron chi connectivity index (χ4n) is 1.00. The third kappa shape index (κ3) is 2.71. The third-order valence-electron chi connectivity index (χ3n) is 2.39. The van der Waals surface area contributed by atoms with Gasteiger partial charge in [-0.2, -0.15) is 0 Å². The summed E-state index contributed by atoms with van der Waals surface area (Å²) in [6.45, 7) is 3.38. The molecule has 0 saturated carbocycles. The van der Waals surface area contributed by atoms with Crippen LogP contribution in [0.5, 0.6) is 0 Å². The van der Waals surface area contributed by atoms with Crippen molar-refractivity contribution in [3.63, 3.8) is 0 Å². The molecule has 16 heavy (non-hydrogen) atoms. The molecule has 88 valence electrons. The molecule has 0 unspecified atom stereocenters. The smallest absolute Gasteiger partial charge is 0.244 e. The van der Waals surface area contributed by atoms with E-state index >= 15 is 0 Å². The largest absolute Gasteiger partial charge is 0.321 e. The lowest BCUT2D eigenvalue weighted by Crippen LogP contribution is -2.48. The van der Waals surface area contributed by atoms with Gasteiger partial charge in [-0.25, -0.2) is 4.39 Å². The molecule has 1 aromatic carbocycles. The van der Waals surface area contributed by atoms with Crippen LogP contribution in [0.1, 0.15) is 13.8 Å². The number of amides is 1. The quantitative estimate of drug-likeness (QED) is 0.857. The summed E-state index contributed by atoms with van der Waals surface area (Å²) in [6.07, 6.45) is 0. The molecular weight excluding hydrogens is 231 g/mol. The van der Waals surface area contributed by atoms with E-state index in [1.807, 2.05) is 0 Å². The Kier molecular flexibility index (Phi) is 3.88. The molecule has 0 heterocycles. The zero-order valence-electron chi connectivity index (χ0n) is 9.40. The van der Waals surface area contributed by atoms with E-state index in [0.29, 0.717) is 0 Å². The van der Waals surface area contributed by atoms with Crippen LogP contribution in [0.2, 0.25) is 5.02 Å². The van der Waals surface area contributed by atoms with Crippen LogP contribution in [0.4, 0.5) is 10.1 Å². The molecular formula is C11H14ClFN2O. The number of nitrogens with one attached hydrogen (secondary N) is 2. The Balaban J connectivity index is 2.94. The van der Waals surface area contributed by atoms with E-state index in [2.05, 4.69) is 10.6 Å². The van der Waals surface area contributed by atoms with Crippen LogP contribution in [0.3, 0.4) is 0 Å². The van der Waals surface area contributed by atoms with Gasteiger partial charge in [-0.1, -0.05) is 17.7 Å². The second kappa shape index (κ2) is 4.80. The van der Waals surface area contributed by atoms with Crippen LogP contribution >= 0.6 is 11.6 Å². The highest BCUT2D eigenvalue weighted by molar-refractivity contribution is 6.33. The molecule has 0 atom stereocenters. The number of likely N-dealkylation sites (N-methyl/N-ethyl adjacent to an activating group) is 1.